The summed E-state index contributed by atoms with van der Waals surface area (Å²) in [7, 11) is 0. The molecule has 1 aromatic heterocycles. The van der Waals surface area contributed by atoms with Crippen LogP contribution in [0.15, 0.2) is 24.3 Å². The molecule has 68 valence electrons. The summed E-state index contributed by atoms with van der Waals surface area (Å²) in [6.45, 7) is 1.99. The van der Waals surface area contributed by atoms with Gasteiger partial charge < -0.3 is 10.4 Å². The fourth-order valence-corrected chi connectivity index (χ4v) is 1.48. The SMILES string of the molecule is C.Cc1[nH]c2ccccc2c1C=N. The zero-order valence-corrected chi connectivity index (χ0v) is 6.89. The van der Waals surface area contributed by atoms with Gasteiger partial charge >= 0.3 is 0 Å². The normalized spacial score (nSPS) is 9.62. The molecular weight excluding hydrogens is 160 g/mol. The van der Waals surface area contributed by atoms with Crippen molar-refractivity contribution in [1.82, 2.24) is 4.98 Å². The number of hydrogen-bond acceptors (Lipinski definition) is 1. The standard InChI is InChI=1S/C10H10N2.CH4/c1-7-9(6-11)8-4-2-3-5-10(8)12-7;/h2-6,11-12H,1H3;1H4. The maximum Gasteiger partial charge on any atom is 0.0462 e. The number of hydrogen-bond donors (Lipinski definition) is 2. The highest BCUT2D eigenvalue weighted by molar-refractivity contribution is 5.99. The van der Waals surface area contributed by atoms with Crippen LogP contribution in [0, 0.1) is 12.3 Å². The summed E-state index contributed by atoms with van der Waals surface area (Å²) in [5, 5.41) is 8.37. The van der Waals surface area contributed by atoms with E-state index in [4.69, 9.17) is 5.41 Å². The van der Waals surface area contributed by atoms with E-state index < -0.39 is 0 Å². The molecule has 0 aliphatic carbocycles. The van der Waals surface area contributed by atoms with Gasteiger partial charge in [-0.15, -0.1) is 0 Å². The molecule has 0 amide bonds. The molecule has 2 aromatic rings. The molecule has 1 heterocycles. The van der Waals surface area contributed by atoms with Gasteiger partial charge in [0.2, 0.25) is 0 Å². The predicted molar refractivity (Wildman–Crippen MR) is 57.7 cm³/mol. The van der Waals surface area contributed by atoms with E-state index in [1.807, 2.05) is 31.2 Å². The first kappa shape index (κ1) is 9.52. The average Bonchev–Trinajstić information content (AvgIpc) is 2.40. The van der Waals surface area contributed by atoms with Crippen molar-refractivity contribution in [2.24, 2.45) is 0 Å². The Morgan fingerprint density at radius 2 is 2.00 bits per heavy atom. The lowest BCUT2D eigenvalue weighted by Crippen LogP contribution is -1.79. The summed E-state index contributed by atoms with van der Waals surface area (Å²) in [5.74, 6) is 0. The predicted octanol–water partition coefficient (Wildman–Crippen LogP) is 3.11. The van der Waals surface area contributed by atoms with Crippen LogP contribution in [0.3, 0.4) is 0 Å². The topological polar surface area (TPSA) is 39.6 Å². The van der Waals surface area contributed by atoms with Gasteiger partial charge in [-0.1, -0.05) is 25.6 Å². The Labute approximate surface area is 78.1 Å². The van der Waals surface area contributed by atoms with E-state index in [2.05, 4.69) is 4.98 Å². The molecule has 0 atom stereocenters. The second-order valence-corrected chi connectivity index (χ2v) is 2.85. The van der Waals surface area contributed by atoms with E-state index in [1.54, 1.807) is 0 Å². The van der Waals surface area contributed by atoms with E-state index in [0.29, 0.717) is 0 Å². The van der Waals surface area contributed by atoms with Crippen molar-refractivity contribution in [2.45, 2.75) is 14.4 Å². The second kappa shape index (κ2) is 3.44. The lowest BCUT2D eigenvalue weighted by Gasteiger charge is -1.88. The highest BCUT2D eigenvalue weighted by atomic mass is 14.7. The summed E-state index contributed by atoms with van der Waals surface area (Å²) in [6, 6.07) is 8.03. The Morgan fingerprint density at radius 1 is 1.31 bits per heavy atom. The van der Waals surface area contributed by atoms with Gasteiger partial charge in [-0.05, 0) is 13.0 Å². The molecule has 2 heteroatoms. The Morgan fingerprint density at radius 3 is 2.69 bits per heavy atom. The molecule has 0 spiro atoms. The number of rotatable bonds is 1. The minimum absolute atomic E-state index is 0. The maximum atomic E-state index is 7.24. The van der Waals surface area contributed by atoms with Crippen molar-refractivity contribution in [1.29, 1.82) is 5.41 Å². The Bertz CT molecular complexity index is 427. The second-order valence-electron chi connectivity index (χ2n) is 2.85. The first-order valence-electron chi connectivity index (χ1n) is 3.90. The van der Waals surface area contributed by atoms with E-state index in [-0.39, 0.29) is 7.43 Å². The first-order chi connectivity index (χ1) is 5.83. The van der Waals surface area contributed by atoms with Gasteiger partial charge in [0, 0.05) is 28.4 Å². The molecule has 13 heavy (non-hydrogen) atoms. The van der Waals surface area contributed by atoms with Crippen molar-refractivity contribution in [2.75, 3.05) is 0 Å². The highest BCUT2D eigenvalue weighted by Gasteiger charge is 2.03. The van der Waals surface area contributed by atoms with Crippen LogP contribution in [0.1, 0.15) is 18.7 Å². The Hall–Kier alpha value is -1.57. The number of aromatic amines is 1. The van der Waals surface area contributed by atoms with Crippen molar-refractivity contribution in [3.05, 3.63) is 35.5 Å². The number of H-pyrrole nitrogens is 1. The third kappa shape index (κ3) is 1.35. The molecule has 0 saturated heterocycles. The van der Waals surface area contributed by atoms with Crippen LogP contribution in [0.25, 0.3) is 10.9 Å². The van der Waals surface area contributed by atoms with Crippen LogP contribution in [0.5, 0.6) is 0 Å². The summed E-state index contributed by atoms with van der Waals surface area (Å²) in [6.07, 6.45) is 1.40. The minimum atomic E-state index is 0. The molecule has 2 rings (SSSR count). The van der Waals surface area contributed by atoms with Gasteiger partial charge in [0.15, 0.2) is 0 Å². The number of fused-ring (bicyclic) bond motifs is 1. The van der Waals surface area contributed by atoms with Gasteiger partial charge in [0.05, 0.1) is 0 Å². The molecule has 0 aliphatic heterocycles. The van der Waals surface area contributed by atoms with Crippen molar-refractivity contribution >= 4 is 17.1 Å². The Balaban J connectivity index is 0.000000845. The summed E-state index contributed by atoms with van der Waals surface area (Å²) in [4.78, 5) is 3.23. The van der Waals surface area contributed by atoms with Crippen molar-refractivity contribution in [3.8, 4) is 0 Å². The molecule has 0 unspecified atom stereocenters. The van der Waals surface area contributed by atoms with E-state index in [0.717, 1.165) is 22.2 Å². The molecule has 0 saturated carbocycles. The van der Waals surface area contributed by atoms with Crippen LogP contribution in [-0.4, -0.2) is 11.2 Å². The summed E-state index contributed by atoms with van der Waals surface area (Å²) >= 11 is 0. The molecule has 0 bridgehead atoms. The molecule has 2 N–H and O–H groups in total. The van der Waals surface area contributed by atoms with Crippen LogP contribution in [0.4, 0.5) is 0 Å². The zero-order chi connectivity index (χ0) is 8.55. The monoisotopic (exact) mass is 174 g/mol. The van der Waals surface area contributed by atoms with E-state index >= 15 is 0 Å². The molecule has 0 aliphatic rings. The number of aryl methyl sites for hydroxylation is 1. The lowest BCUT2D eigenvalue weighted by atomic mass is 10.1. The van der Waals surface area contributed by atoms with Gasteiger partial charge in [-0.3, -0.25) is 0 Å². The molecule has 0 radical (unpaired) electrons. The fraction of sp³-hybridized carbons (Fsp3) is 0.182. The van der Waals surface area contributed by atoms with Gasteiger partial charge in [0.1, 0.15) is 0 Å². The number of para-hydroxylation sites is 1. The molecule has 2 nitrogen and oxygen atoms in total. The summed E-state index contributed by atoms with van der Waals surface area (Å²) < 4.78 is 0. The van der Waals surface area contributed by atoms with Crippen LogP contribution < -0.4 is 0 Å². The largest absolute Gasteiger partial charge is 0.358 e. The van der Waals surface area contributed by atoms with Crippen molar-refractivity contribution < 1.29 is 0 Å². The fourth-order valence-electron chi connectivity index (χ4n) is 1.48. The third-order valence-corrected chi connectivity index (χ3v) is 2.09. The van der Waals surface area contributed by atoms with Crippen LogP contribution in [0.2, 0.25) is 0 Å². The smallest absolute Gasteiger partial charge is 0.0462 e. The first-order valence-corrected chi connectivity index (χ1v) is 3.90. The highest BCUT2D eigenvalue weighted by Crippen LogP contribution is 2.19. The third-order valence-electron chi connectivity index (χ3n) is 2.09. The molecule has 0 fully saturated rings. The van der Waals surface area contributed by atoms with Crippen LogP contribution >= 0.6 is 0 Å². The zero-order valence-electron chi connectivity index (χ0n) is 6.89. The number of aromatic nitrogens is 1. The number of nitrogens with one attached hydrogen (secondary N) is 2. The van der Waals surface area contributed by atoms with Gasteiger partial charge in [0.25, 0.3) is 0 Å². The molecule has 1 aromatic carbocycles. The lowest BCUT2D eigenvalue weighted by molar-refractivity contribution is 1.29. The van der Waals surface area contributed by atoms with Gasteiger partial charge in [-0.25, -0.2) is 0 Å². The van der Waals surface area contributed by atoms with E-state index in [1.165, 1.54) is 6.21 Å². The Kier molecular flexibility index (Phi) is 2.52. The van der Waals surface area contributed by atoms with Crippen LogP contribution in [-0.2, 0) is 0 Å². The number of benzene rings is 1. The average molecular weight is 174 g/mol. The van der Waals surface area contributed by atoms with Gasteiger partial charge in [-0.2, -0.15) is 0 Å². The maximum absolute atomic E-state index is 7.24. The minimum Gasteiger partial charge on any atom is -0.358 e. The van der Waals surface area contributed by atoms with Crippen molar-refractivity contribution in [3.63, 3.8) is 0 Å². The van der Waals surface area contributed by atoms with E-state index in [9.17, 15) is 0 Å². The molecular formula is C11H14N2. The summed E-state index contributed by atoms with van der Waals surface area (Å²) in [5.41, 5.74) is 3.16. The quantitative estimate of drug-likeness (QED) is 0.624.